The fourth-order valence-corrected chi connectivity index (χ4v) is 6.03. The van der Waals surface area contributed by atoms with Gasteiger partial charge in [0.15, 0.2) is 6.29 Å². The summed E-state index contributed by atoms with van der Waals surface area (Å²) in [5.74, 6) is -0.530. The van der Waals surface area contributed by atoms with E-state index in [1.54, 1.807) is 5.48 Å². The normalized spacial score (nSPS) is 17.6. The Hall–Kier alpha value is -4.38. The quantitative estimate of drug-likeness (QED) is 0.0686. The van der Waals surface area contributed by atoms with Crippen LogP contribution in [0.3, 0.4) is 0 Å². The van der Waals surface area contributed by atoms with Crippen molar-refractivity contribution in [1.29, 1.82) is 0 Å². The maximum atomic E-state index is 12.4. The average Bonchev–Trinajstić information content (AvgIpc) is 3.13. The van der Waals surface area contributed by atoms with Crippen molar-refractivity contribution in [2.45, 2.75) is 70.3 Å². The zero-order chi connectivity index (χ0) is 33.7. The van der Waals surface area contributed by atoms with Crippen molar-refractivity contribution < 1.29 is 29.4 Å². The Balaban J connectivity index is 1.26. The molecule has 5 rings (SSSR count). The SMILES string of the molecule is CN(Cc1ccccc1)CC1CC(c2ccc(CO)cc2)OC(c2ccc(-c3ccccc3CNC(=O)CCCCC(=O)NO)cc2)O1. The molecule has 1 aliphatic rings. The highest BCUT2D eigenvalue weighted by Crippen LogP contribution is 2.39. The first-order valence-electron chi connectivity index (χ1n) is 16.5. The van der Waals surface area contributed by atoms with Crippen molar-refractivity contribution in [3.8, 4) is 11.1 Å². The number of hydrogen-bond donors (Lipinski definition) is 4. The van der Waals surface area contributed by atoms with Gasteiger partial charge >= 0.3 is 0 Å². The summed E-state index contributed by atoms with van der Waals surface area (Å²) < 4.78 is 13.2. The highest BCUT2D eigenvalue weighted by atomic mass is 16.7. The second kappa shape index (κ2) is 17.7. The first kappa shape index (κ1) is 34.9. The Morgan fingerprint density at radius 3 is 2.17 bits per heavy atom. The van der Waals surface area contributed by atoms with E-state index in [1.165, 1.54) is 5.56 Å². The zero-order valence-corrected chi connectivity index (χ0v) is 27.4. The van der Waals surface area contributed by atoms with Gasteiger partial charge in [-0.2, -0.15) is 0 Å². The highest BCUT2D eigenvalue weighted by molar-refractivity contribution is 5.77. The number of amides is 2. The number of nitrogens with zero attached hydrogens (tertiary/aromatic N) is 1. The van der Waals surface area contributed by atoms with Gasteiger partial charge in [-0.15, -0.1) is 0 Å². The molecule has 1 heterocycles. The summed E-state index contributed by atoms with van der Waals surface area (Å²) in [7, 11) is 2.11. The number of hydrogen-bond acceptors (Lipinski definition) is 7. The van der Waals surface area contributed by atoms with Crippen LogP contribution in [-0.4, -0.2) is 46.7 Å². The molecule has 1 fully saturated rings. The van der Waals surface area contributed by atoms with Crippen molar-refractivity contribution in [3.05, 3.63) is 131 Å². The topological polar surface area (TPSA) is 120 Å². The van der Waals surface area contributed by atoms with Gasteiger partial charge in [0.2, 0.25) is 11.8 Å². The number of benzene rings is 4. The van der Waals surface area contributed by atoms with E-state index in [0.29, 0.717) is 32.2 Å². The molecule has 0 saturated carbocycles. The number of likely N-dealkylation sites (N-methyl/N-ethyl adjacent to an activating group) is 1. The lowest BCUT2D eigenvalue weighted by Gasteiger charge is -2.38. The summed E-state index contributed by atoms with van der Waals surface area (Å²) in [5, 5.41) is 21.1. The Morgan fingerprint density at radius 2 is 1.46 bits per heavy atom. The number of unbranched alkanes of at least 4 members (excludes halogenated alkanes) is 1. The molecular formula is C39H45N3O6. The van der Waals surface area contributed by atoms with Crippen LogP contribution < -0.4 is 10.8 Å². The molecule has 9 nitrogen and oxygen atoms in total. The van der Waals surface area contributed by atoms with E-state index in [0.717, 1.165) is 46.5 Å². The summed E-state index contributed by atoms with van der Waals surface area (Å²) in [4.78, 5) is 25.9. The minimum Gasteiger partial charge on any atom is -0.392 e. The van der Waals surface area contributed by atoms with Gasteiger partial charge < -0.3 is 19.9 Å². The fraction of sp³-hybridized carbons (Fsp3) is 0.333. The fourth-order valence-electron chi connectivity index (χ4n) is 6.03. The third-order valence-corrected chi connectivity index (χ3v) is 8.60. The number of nitrogens with one attached hydrogen (secondary N) is 2. The summed E-state index contributed by atoms with van der Waals surface area (Å²) in [5.41, 5.74) is 8.74. The minimum atomic E-state index is -0.552. The molecule has 9 heteroatoms. The van der Waals surface area contributed by atoms with Crippen molar-refractivity contribution >= 4 is 11.8 Å². The van der Waals surface area contributed by atoms with E-state index >= 15 is 0 Å². The summed E-state index contributed by atoms with van der Waals surface area (Å²) in [6.07, 6.45) is 1.52. The van der Waals surface area contributed by atoms with Crippen molar-refractivity contribution in [2.24, 2.45) is 0 Å². The standard InChI is InChI=1S/C39H45N3O6/c1-42(25-28-9-3-2-4-10-28)26-34-23-36(31-17-15-29(27-43)16-18-31)48-39(47-34)32-21-19-30(20-22-32)35-12-6-5-11-33(35)24-40-37(44)13-7-8-14-38(45)41-46/h2-6,9-12,15-22,34,36,39,43,46H,7-8,13-14,23-27H2,1H3,(H,40,44)(H,41,45). The molecule has 1 saturated heterocycles. The third-order valence-electron chi connectivity index (χ3n) is 8.60. The van der Waals surface area contributed by atoms with Crippen LogP contribution in [0.4, 0.5) is 0 Å². The summed E-state index contributed by atoms with van der Waals surface area (Å²) >= 11 is 0. The van der Waals surface area contributed by atoms with E-state index in [1.807, 2.05) is 66.7 Å². The van der Waals surface area contributed by atoms with Gasteiger partial charge in [-0.05, 0) is 53.3 Å². The molecule has 0 spiro atoms. The molecule has 4 N–H and O–H groups in total. The van der Waals surface area contributed by atoms with Crippen molar-refractivity contribution in [3.63, 3.8) is 0 Å². The van der Waals surface area contributed by atoms with Crippen LogP contribution in [0.15, 0.2) is 103 Å². The Morgan fingerprint density at radius 1 is 0.792 bits per heavy atom. The molecule has 0 radical (unpaired) electrons. The van der Waals surface area contributed by atoms with E-state index < -0.39 is 12.2 Å². The molecule has 48 heavy (non-hydrogen) atoms. The van der Waals surface area contributed by atoms with Crippen LogP contribution in [0.2, 0.25) is 0 Å². The monoisotopic (exact) mass is 651 g/mol. The molecule has 0 aromatic heterocycles. The van der Waals surface area contributed by atoms with Crippen LogP contribution in [0.1, 0.15) is 72.3 Å². The second-order valence-electron chi connectivity index (χ2n) is 12.3. The Bertz CT molecular complexity index is 1600. The molecule has 252 valence electrons. The summed E-state index contributed by atoms with van der Waals surface area (Å²) in [6.45, 7) is 1.95. The zero-order valence-electron chi connectivity index (χ0n) is 27.4. The molecule has 3 atom stereocenters. The van der Waals surface area contributed by atoms with Gasteiger partial charge in [0, 0.05) is 44.5 Å². The Kier molecular flexibility index (Phi) is 12.9. The maximum absolute atomic E-state index is 12.4. The van der Waals surface area contributed by atoms with Gasteiger partial charge in [-0.25, -0.2) is 5.48 Å². The number of carbonyl (C=O) groups excluding carboxylic acids is 2. The number of carbonyl (C=O) groups is 2. The lowest BCUT2D eigenvalue weighted by atomic mass is 9.97. The van der Waals surface area contributed by atoms with Crippen LogP contribution in [-0.2, 0) is 38.8 Å². The predicted molar refractivity (Wildman–Crippen MR) is 183 cm³/mol. The van der Waals surface area contributed by atoms with E-state index in [2.05, 4.69) is 53.7 Å². The number of hydroxylamine groups is 1. The van der Waals surface area contributed by atoms with Gasteiger partial charge in [0.1, 0.15) is 0 Å². The average molecular weight is 652 g/mol. The Labute approximate surface area is 282 Å². The first-order chi connectivity index (χ1) is 23.4. The van der Waals surface area contributed by atoms with Gasteiger partial charge in [-0.1, -0.05) is 103 Å². The van der Waals surface area contributed by atoms with Crippen molar-refractivity contribution in [1.82, 2.24) is 15.7 Å². The molecule has 0 bridgehead atoms. The number of aliphatic hydroxyl groups excluding tert-OH is 1. The van der Waals surface area contributed by atoms with Crippen LogP contribution in [0.5, 0.6) is 0 Å². The van der Waals surface area contributed by atoms with Gasteiger partial charge in [0.25, 0.3) is 0 Å². The van der Waals surface area contributed by atoms with Crippen LogP contribution >= 0.6 is 0 Å². The van der Waals surface area contributed by atoms with Crippen LogP contribution in [0, 0.1) is 0 Å². The molecular weight excluding hydrogens is 606 g/mol. The lowest BCUT2D eigenvalue weighted by Crippen LogP contribution is -2.37. The van der Waals surface area contributed by atoms with E-state index in [-0.39, 0.29) is 31.1 Å². The van der Waals surface area contributed by atoms with Gasteiger partial charge in [0.05, 0.1) is 18.8 Å². The van der Waals surface area contributed by atoms with Crippen molar-refractivity contribution in [2.75, 3.05) is 13.6 Å². The molecule has 3 unspecified atom stereocenters. The van der Waals surface area contributed by atoms with Crippen LogP contribution in [0.25, 0.3) is 11.1 Å². The largest absolute Gasteiger partial charge is 0.392 e. The van der Waals surface area contributed by atoms with E-state index in [4.69, 9.17) is 14.7 Å². The molecule has 2 amide bonds. The number of aliphatic hydroxyl groups is 1. The second-order valence-corrected chi connectivity index (χ2v) is 12.3. The first-order valence-corrected chi connectivity index (χ1v) is 16.5. The third kappa shape index (κ3) is 10.1. The highest BCUT2D eigenvalue weighted by Gasteiger charge is 2.33. The number of rotatable bonds is 15. The molecule has 0 aliphatic carbocycles. The smallest absolute Gasteiger partial charge is 0.243 e. The van der Waals surface area contributed by atoms with Gasteiger partial charge in [-0.3, -0.25) is 19.7 Å². The minimum absolute atomic E-state index is 0.000312. The maximum Gasteiger partial charge on any atom is 0.243 e. The molecule has 1 aliphatic heterocycles. The van der Waals surface area contributed by atoms with E-state index in [9.17, 15) is 14.7 Å². The lowest BCUT2D eigenvalue weighted by molar-refractivity contribution is -0.252. The number of ether oxygens (including phenoxy) is 2. The summed E-state index contributed by atoms with van der Waals surface area (Å²) in [6, 6.07) is 34.5. The predicted octanol–water partition coefficient (Wildman–Crippen LogP) is 6.21. The molecule has 4 aromatic rings. The molecule has 4 aromatic carbocycles.